The molecule has 3 amide bonds. The number of urea groups is 1. The highest BCUT2D eigenvalue weighted by Gasteiger charge is 2.49. The Morgan fingerprint density at radius 2 is 1.94 bits per heavy atom. The summed E-state index contributed by atoms with van der Waals surface area (Å²) in [5.74, 6) is -2.88. The molecule has 9 heteroatoms. The SMILES string of the molecule is COc1cc(F)c([C@@H]2CN(C)C(=O)[C@H]2NC(=O)NC2(c3cccc(C)n3)CC2)c(F)c1. The summed E-state index contributed by atoms with van der Waals surface area (Å²) in [4.78, 5) is 31.3. The molecule has 2 aromatic rings. The summed E-state index contributed by atoms with van der Waals surface area (Å²) in [7, 11) is 2.85. The number of rotatable bonds is 5. The van der Waals surface area contributed by atoms with Gasteiger partial charge in [-0.2, -0.15) is 0 Å². The summed E-state index contributed by atoms with van der Waals surface area (Å²) in [6.45, 7) is 1.95. The van der Waals surface area contributed by atoms with Crippen molar-refractivity contribution in [3.63, 3.8) is 0 Å². The molecule has 2 atom stereocenters. The fourth-order valence-electron chi connectivity index (χ4n) is 4.13. The number of amides is 3. The van der Waals surface area contributed by atoms with Gasteiger partial charge in [0.15, 0.2) is 0 Å². The smallest absolute Gasteiger partial charge is 0.316 e. The van der Waals surface area contributed by atoms with Crippen LogP contribution in [-0.4, -0.2) is 48.6 Å². The van der Waals surface area contributed by atoms with Gasteiger partial charge in [-0.15, -0.1) is 0 Å². The van der Waals surface area contributed by atoms with Crippen LogP contribution in [0.25, 0.3) is 0 Å². The molecule has 164 valence electrons. The summed E-state index contributed by atoms with van der Waals surface area (Å²) in [6.07, 6.45) is 1.45. The van der Waals surface area contributed by atoms with Gasteiger partial charge in [0, 0.05) is 42.9 Å². The first-order valence-electron chi connectivity index (χ1n) is 10.0. The quantitative estimate of drug-likeness (QED) is 0.764. The molecular weight excluding hydrogens is 406 g/mol. The van der Waals surface area contributed by atoms with Gasteiger partial charge in [-0.3, -0.25) is 9.78 Å². The fraction of sp³-hybridized carbons (Fsp3) is 0.409. The molecule has 7 nitrogen and oxygen atoms in total. The Morgan fingerprint density at radius 1 is 1.26 bits per heavy atom. The van der Waals surface area contributed by atoms with Gasteiger partial charge >= 0.3 is 6.03 Å². The average Bonchev–Trinajstić information content (AvgIpc) is 3.45. The molecule has 31 heavy (non-hydrogen) atoms. The van der Waals surface area contributed by atoms with Crippen LogP contribution in [0.2, 0.25) is 0 Å². The van der Waals surface area contributed by atoms with E-state index in [1.807, 2.05) is 25.1 Å². The number of aromatic nitrogens is 1. The number of nitrogens with one attached hydrogen (secondary N) is 2. The molecule has 2 fully saturated rings. The largest absolute Gasteiger partial charge is 0.497 e. The summed E-state index contributed by atoms with van der Waals surface area (Å²) >= 11 is 0. The predicted octanol–water partition coefficient (Wildman–Crippen LogP) is 2.59. The number of carbonyl (C=O) groups excluding carboxylic acids is 2. The third-order valence-corrected chi connectivity index (χ3v) is 5.94. The molecule has 0 spiro atoms. The van der Waals surface area contributed by atoms with E-state index >= 15 is 0 Å². The van der Waals surface area contributed by atoms with Crippen molar-refractivity contribution in [2.24, 2.45) is 0 Å². The molecule has 2 aliphatic rings. The second-order valence-corrected chi connectivity index (χ2v) is 8.15. The lowest BCUT2D eigenvalue weighted by Crippen LogP contribution is -2.50. The molecule has 2 N–H and O–H groups in total. The van der Waals surface area contributed by atoms with Crippen LogP contribution >= 0.6 is 0 Å². The van der Waals surface area contributed by atoms with Crippen molar-refractivity contribution in [3.8, 4) is 5.75 Å². The molecule has 2 heterocycles. The number of pyridine rings is 1. The predicted molar refractivity (Wildman–Crippen MR) is 109 cm³/mol. The summed E-state index contributed by atoms with van der Waals surface area (Å²) < 4.78 is 34.2. The molecule has 1 aliphatic carbocycles. The van der Waals surface area contributed by atoms with E-state index in [-0.39, 0.29) is 17.9 Å². The molecular formula is C22H24F2N4O3. The first-order valence-corrected chi connectivity index (χ1v) is 10.0. The monoisotopic (exact) mass is 430 g/mol. The average molecular weight is 430 g/mol. The van der Waals surface area contributed by atoms with E-state index in [0.717, 1.165) is 36.4 Å². The highest BCUT2D eigenvalue weighted by atomic mass is 19.1. The first-order chi connectivity index (χ1) is 14.7. The van der Waals surface area contributed by atoms with Crippen molar-refractivity contribution < 1.29 is 23.1 Å². The third-order valence-electron chi connectivity index (χ3n) is 5.94. The van der Waals surface area contributed by atoms with Crippen molar-refractivity contribution in [2.75, 3.05) is 20.7 Å². The van der Waals surface area contributed by atoms with Crippen molar-refractivity contribution in [1.82, 2.24) is 20.5 Å². The van der Waals surface area contributed by atoms with Crippen LogP contribution in [0.1, 0.15) is 35.7 Å². The topological polar surface area (TPSA) is 83.6 Å². The van der Waals surface area contributed by atoms with E-state index in [2.05, 4.69) is 15.6 Å². The second kappa shape index (κ2) is 7.79. The lowest BCUT2D eigenvalue weighted by molar-refractivity contribution is -0.128. The van der Waals surface area contributed by atoms with Gasteiger partial charge < -0.3 is 20.3 Å². The molecule has 1 aliphatic heterocycles. The van der Waals surface area contributed by atoms with E-state index < -0.39 is 41.1 Å². The fourth-order valence-corrected chi connectivity index (χ4v) is 4.13. The maximum atomic E-state index is 14.7. The van der Waals surface area contributed by atoms with Gasteiger partial charge in [-0.25, -0.2) is 13.6 Å². The molecule has 1 aromatic heterocycles. The van der Waals surface area contributed by atoms with Gasteiger partial charge in [0.1, 0.15) is 23.4 Å². The minimum absolute atomic E-state index is 0.0417. The molecule has 0 radical (unpaired) electrons. The van der Waals surface area contributed by atoms with E-state index in [9.17, 15) is 18.4 Å². The number of carbonyl (C=O) groups is 2. The number of benzene rings is 1. The number of hydrogen-bond donors (Lipinski definition) is 2. The first kappa shape index (κ1) is 21.0. The van der Waals surface area contributed by atoms with Crippen LogP contribution in [0.15, 0.2) is 30.3 Å². The maximum absolute atomic E-state index is 14.7. The number of halogens is 2. The summed E-state index contributed by atoms with van der Waals surface area (Å²) in [5.41, 5.74) is 0.756. The highest BCUT2D eigenvalue weighted by molar-refractivity contribution is 5.90. The number of nitrogens with zero attached hydrogens (tertiary/aromatic N) is 2. The van der Waals surface area contributed by atoms with Gasteiger partial charge in [0.25, 0.3) is 0 Å². The number of likely N-dealkylation sites (tertiary alicyclic amines) is 1. The van der Waals surface area contributed by atoms with E-state index in [0.29, 0.717) is 0 Å². The Hall–Kier alpha value is -3.23. The van der Waals surface area contributed by atoms with Crippen LogP contribution in [0, 0.1) is 18.6 Å². The van der Waals surface area contributed by atoms with Crippen molar-refractivity contribution >= 4 is 11.9 Å². The Balaban J connectivity index is 1.55. The van der Waals surface area contributed by atoms with Gasteiger partial charge in [-0.1, -0.05) is 6.07 Å². The summed E-state index contributed by atoms with van der Waals surface area (Å²) in [5, 5.41) is 5.54. The van der Waals surface area contributed by atoms with Crippen LogP contribution < -0.4 is 15.4 Å². The Bertz CT molecular complexity index is 1020. The number of hydrogen-bond acceptors (Lipinski definition) is 4. The number of ether oxygens (including phenoxy) is 1. The highest BCUT2D eigenvalue weighted by Crippen LogP contribution is 2.44. The molecule has 0 bridgehead atoms. The number of likely N-dealkylation sites (N-methyl/N-ethyl adjacent to an activating group) is 1. The van der Waals surface area contributed by atoms with E-state index in [1.165, 1.54) is 19.1 Å². The minimum Gasteiger partial charge on any atom is -0.497 e. The van der Waals surface area contributed by atoms with Crippen LogP contribution in [0.3, 0.4) is 0 Å². The third kappa shape index (κ3) is 3.92. The lowest BCUT2D eigenvalue weighted by atomic mass is 9.92. The van der Waals surface area contributed by atoms with Gasteiger partial charge in [0.05, 0.1) is 18.3 Å². The lowest BCUT2D eigenvalue weighted by Gasteiger charge is -2.23. The van der Waals surface area contributed by atoms with Gasteiger partial charge in [0.2, 0.25) is 5.91 Å². The Morgan fingerprint density at radius 3 is 2.52 bits per heavy atom. The van der Waals surface area contributed by atoms with E-state index in [1.54, 1.807) is 0 Å². The zero-order chi connectivity index (χ0) is 22.3. The number of methoxy groups -OCH3 is 1. The van der Waals surface area contributed by atoms with Crippen molar-refractivity contribution in [1.29, 1.82) is 0 Å². The standard InChI is InChI=1S/C22H24F2N4O3/c1-12-5-4-6-17(25-12)22(7-8-22)27-21(30)26-19-14(11-28(2)20(19)29)18-15(23)9-13(31-3)10-16(18)24/h4-6,9-10,14,19H,7-8,11H2,1-3H3,(H2,26,27,30)/t14-,19-/m0/s1. The molecule has 1 saturated heterocycles. The van der Waals surface area contributed by atoms with Crippen LogP contribution in [-0.2, 0) is 10.3 Å². The van der Waals surface area contributed by atoms with Crippen LogP contribution in [0.5, 0.6) is 5.75 Å². The normalized spacial score (nSPS) is 21.7. The van der Waals surface area contributed by atoms with Crippen molar-refractivity contribution in [2.45, 2.75) is 37.3 Å². The Kier molecular flexibility index (Phi) is 5.28. The number of aryl methyl sites for hydroxylation is 1. The van der Waals surface area contributed by atoms with Gasteiger partial charge in [-0.05, 0) is 31.9 Å². The van der Waals surface area contributed by atoms with Crippen molar-refractivity contribution in [3.05, 3.63) is 58.9 Å². The molecule has 1 saturated carbocycles. The second-order valence-electron chi connectivity index (χ2n) is 8.15. The van der Waals surface area contributed by atoms with Crippen LogP contribution in [0.4, 0.5) is 13.6 Å². The molecule has 4 rings (SSSR count). The molecule has 1 aromatic carbocycles. The zero-order valence-electron chi connectivity index (χ0n) is 17.5. The zero-order valence-corrected chi connectivity index (χ0v) is 17.5. The minimum atomic E-state index is -1.09. The Labute approximate surface area is 178 Å². The van der Waals surface area contributed by atoms with E-state index in [4.69, 9.17) is 4.74 Å². The molecule has 0 unspecified atom stereocenters. The maximum Gasteiger partial charge on any atom is 0.316 e. The summed E-state index contributed by atoms with van der Waals surface area (Å²) in [6, 6.07) is 6.06.